The monoisotopic (exact) mass is 549 g/mol. The molecule has 5 aromatic rings. The van der Waals surface area contributed by atoms with Crippen molar-refractivity contribution < 1.29 is 9.47 Å². The average Bonchev–Trinajstić information content (AvgIpc) is 3.61. The molecule has 42 heavy (non-hydrogen) atoms. The maximum atomic E-state index is 6.84. The number of aromatic nitrogens is 1. The lowest BCUT2D eigenvalue weighted by Gasteiger charge is -2.33. The smallest absolute Gasteiger partial charge is 0.237 e. The Bertz CT molecular complexity index is 1550. The number of nitrogens with zero attached hydrogens (tertiary/aromatic N) is 3. The second-order valence-corrected chi connectivity index (χ2v) is 10.8. The summed E-state index contributed by atoms with van der Waals surface area (Å²) in [5.74, 6) is 1.00. The molecule has 0 saturated carbocycles. The van der Waals surface area contributed by atoms with Gasteiger partial charge in [0.25, 0.3) is 0 Å². The van der Waals surface area contributed by atoms with Crippen LogP contribution < -0.4 is 0 Å². The molecule has 3 heterocycles. The van der Waals surface area contributed by atoms with Crippen LogP contribution in [0, 0.1) is 0 Å². The molecule has 2 aliphatic heterocycles. The summed E-state index contributed by atoms with van der Waals surface area (Å²) in [4.78, 5) is 15.0. The zero-order valence-corrected chi connectivity index (χ0v) is 23.6. The molecular weight excluding hydrogens is 518 g/mol. The van der Waals surface area contributed by atoms with Gasteiger partial charge in [0.05, 0.1) is 12.1 Å². The molecule has 0 saturated heterocycles. The molecule has 5 nitrogen and oxygen atoms in total. The van der Waals surface area contributed by atoms with Gasteiger partial charge >= 0.3 is 0 Å². The van der Waals surface area contributed by atoms with Crippen molar-refractivity contribution >= 4 is 11.8 Å². The number of ether oxygens (including phenoxy) is 2. The van der Waals surface area contributed by atoms with Crippen molar-refractivity contribution in [2.45, 2.75) is 37.1 Å². The van der Waals surface area contributed by atoms with Gasteiger partial charge in [-0.05, 0) is 26.0 Å². The SMILES string of the molecule is C[C@@H]1N=C(c2cccc(C3=N[C@@H](C)C(c4ccccc4)(c4ccccc4)O3)n2)OC1(c1ccccc1)c1ccccc1. The summed E-state index contributed by atoms with van der Waals surface area (Å²) in [5.41, 5.74) is 3.95. The maximum Gasteiger partial charge on any atom is 0.237 e. The largest absolute Gasteiger partial charge is 0.458 e. The van der Waals surface area contributed by atoms with Crippen molar-refractivity contribution in [3.63, 3.8) is 0 Å². The Labute approximate surface area is 246 Å². The first-order chi connectivity index (χ1) is 20.6. The molecule has 0 unspecified atom stereocenters. The first-order valence-corrected chi connectivity index (χ1v) is 14.3. The van der Waals surface area contributed by atoms with Gasteiger partial charge in [0, 0.05) is 22.3 Å². The van der Waals surface area contributed by atoms with E-state index in [9.17, 15) is 0 Å². The molecule has 0 aliphatic carbocycles. The van der Waals surface area contributed by atoms with Crippen molar-refractivity contribution in [1.82, 2.24) is 4.98 Å². The van der Waals surface area contributed by atoms with Crippen molar-refractivity contribution in [1.29, 1.82) is 0 Å². The third-order valence-electron chi connectivity index (χ3n) is 8.31. The van der Waals surface area contributed by atoms with Gasteiger partial charge in [-0.2, -0.15) is 0 Å². The summed E-state index contributed by atoms with van der Waals surface area (Å²) in [7, 11) is 0. The number of aliphatic imine (C=N–C) groups is 2. The lowest BCUT2D eigenvalue weighted by molar-refractivity contribution is 0.103. The fraction of sp³-hybridized carbons (Fsp3) is 0.162. The normalized spacial score (nSPS) is 20.2. The van der Waals surface area contributed by atoms with Crippen molar-refractivity contribution in [3.8, 4) is 0 Å². The van der Waals surface area contributed by atoms with Crippen LogP contribution >= 0.6 is 0 Å². The summed E-state index contributed by atoms with van der Waals surface area (Å²) in [6, 6.07) is 46.6. The molecule has 2 aliphatic rings. The average molecular weight is 550 g/mol. The van der Waals surface area contributed by atoms with Crippen LogP contribution in [0.4, 0.5) is 0 Å². The van der Waals surface area contributed by atoms with Gasteiger partial charge in [0.1, 0.15) is 11.4 Å². The van der Waals surface area contributed by atoms with E-state index < -0.39 is 11.2 Å². The van der Waals surface area contributed by atoms with Crippen LogP contribution in [0.2, 0.25) is 0 Å². The first-order valence-electron chi connectivity index (χ1n) is 14.3. The Morgan fingerprint density at radius 2 is 0.738 bits per heavy atom. The van der Waals surface area contributed by atoms with Gasteiger partial charge < -0.3 is 9.47 Å². The third-order valence-corrected chi connectivity index (χ3v) is 8.31. The zero-order chi connectivity index (χ0) is 28.6. The quantitative estimate of drug-likeness (QED) is 0.223. The standard InChI is InChI=1S/C37H31N3O2/c1-26-36(28-16-7-3-8-17-28,29-18-9-4-10-19-29)41-34(38-26)32-24-15-25-33(40-32)35-39-27(2)37(42-35,30-20-11-5-12-21-30)31-22-13-6-14-23-31/h3-27H,1-2H3/t26-,27-/m0/s1. The van der Waals surface area contributed by atoms with Crippen LogP contribution in [0.1, 0.15) is 47.5 Å². The van der Waals surface area contributed by atoms with E-state index in [1.165, 1.54) is 0 Å². The fourth-order valence-corrected chi connectivity index (χ4v) is 6.25. The zero-order valence-electron chi connectivity index (χ0n) is 23.6. The Hall–Kier alpha value is -5.03. The second kappa shape index (κ2) is 10.4. The van der Waals surface area contributed by atoms with E-state index in [4.69, 9.17) is 24.4 Å². The number of rotatable bonds is 6. The van der Waals surface area contributed by atoms with Crippen LogP contribution in [0.5, 0.6) is 0 Å². The number of hydrogen-bond acceptors (Lipinski definition) is 5. The van der Waals surface area contributed by atoms with Gasteiger partial charge in [-0.25, -0.2) is 15.0 Å². The van der Waals surface area contributed by atoms with Crippen molar-refractivity contribution in [3.05, 3.63) is 173 Å². The van der Waals surface area contributed by atoms with Gasteiger partial charge in [0.15, 0.2) is 11.2 Å². The van der Waals surface area contributed by atoms with Crippen LogP contribution in [0.25, 0.3) is 0 Å². The summed E-state index contributed by atoms with van der Waals surface area (Å²) < 4.78 is 13.7. The van der Waals surface area contributed by atoms with Crippen LogP contribution in [-0.2, 0) is 20.7 Å². The van der Waals surface area contributed by atoms with E-state index in [-0.39, 0.29) is 12.1 Å². The molecule has 4 aromatic carbocycles. The van der Waals surface area contributed by atoms with E-state index >= 15 is 0 Å². The van der Waals surface area contributed by atoms with E-state index in [1.54, 1.807) is 0 Å². The summed E-state index contributed by atoms with van der Waals surface area (Å²) in [5, 5.41) is 0. The molecule has 0 amide bonds. The van der Waals surface area contributed by atoms with E-state index in [0.29, 0.717) is 23.2 Å². The topological polar surface area (TPSA) is 56.1 Å². The van der Waals surface area contributed by atoms with Gasteiger partial charge in [0.2, 0.25) is 11.8 Å². The Morgan fingerprint density at radius 1 is 0.429 bits per heavy atom. The molecule has 0 radical (unpaired) electrons. The molecule has 206 valence electrons. The highest BCUT2D eigenvalue weighted by molar-refractivity contribution is 5.98. The molecule has 1 aromatic heterocycles. The van der Waals surface area contributed by atoms with Crippen LogP contribution in [0.3, 0.4) is 0 Å². The third kappa shape index (κ3) is 4.12. The molecule has 0 N–H and O–H groups in total. The highest BCUT2D eigenvalue weighted by Gasteiger charge is 2.49. The van der Waals surface area contributed by atoms with Crippen LogP contribution in [0.15, 0.2) is 150 Å². The Kier molecular flexibility index (Phi) is 6.43. The summed E-state index contributed by atoms with van der Waals surface area (Å²) in [6.07, 6.45) is 0. The predicted octanol–water partition coefficient (Wildman–Crippen LogP) is 7.30. The fourth-order valence-electron chi connectivity index (χ4n) is 6.25. The molecular formula is C37H31N3O2. The maximum absolute atomic E-state index is 6.84. The number of benzene rings is 4. The highest BCUT2D eigenvalue weighted by Crippen LogP contribution is 2.44. The second-order valence-electron chi connectivity index (χ2n) is 10.8. The minimum Gasteiger partial charge on any atom is -0.458 e. The molecule has 5 heteroatoms. The highest BCUT2D eigenvalue weighted by atomic mass is 16.5. The Morgan fingerprint density at radius 3 is 1.05 bits per heavy atom. The lowest BCUT2D eigenvalue weighted by Crippen LogP contribution is -2.37. The van der Waals surface area contributed by atoms with Gasteiger partial charge in [-0.3, -0.25) is 0 Å². The van der Waals surface area contributed by atoms with Crippen molar-refractivity contribution in [2.24, 2.45) is 9.98 Å². The van der Waals surface area contributed by atoms with Crippen LogP contribution in [-0.4, -0.2) is 28.9 Å². The summed E-state index contributed by atoms with van der Waals surface area (Å²) >= 11 is 0. The molecule has 0 spiro atoms. The van der Waals surface area contributed by atoms with E-state index in [0.717, 1.165) is 22.3 Å². The minimum atomic E-state index is -0.763. The Balaban J connectivity index is 1.25. The molecule has 0 fully saturated rings. The van der Waals surface area contributed by atoms with Gasteiger partial charge in [-0.1, -0.05) is 127 Å². The van der Waals surface area contributed by atoms with Gasteiger partial charge in [-0.15, -0.1) is 0 Å². The van der Waals surface area contributed by atoms with E-state index in [2.05, 4.69) is 62.4 Å². The van der Waals surface area contributed by atoms with E-state index in [1.807, 2.05) is 91.0 Å². The van der Waals surface area contributed by atoms with Crippen molar-refractivity contribution in [2.75, 3.05) is 0 Å². The predicted molar refractivity (Wildman–Crippen MR) is 166 cm³/mol. The minimum absolute atomic E-state index is 0.174. The molecule has 7 rings (SSSR count). The first kappa shape index (κ1) is 25.9. The molecule has 0 bridgehead atoms. The lowest BCUT2D eigenvalue weighted by atomic mass is 9.81. The molecule has 2 atom stereocenters. The number of pyridine rings is 1. The summed E-state index contributed by atoms with van der Waals surface area (Å²) in [6.45, 7) is 4.19. The number of hydrogen-bond donors (Lipinski definition) is 0.